The highest BCUT2D eigenvalue weighted by molar-refractivity contribution is 5.96. The molecule has 0 amide bonds. The lowest BCUT2D eigenvalue weighted by molar-refractivity contribution is -0.125. The van der Waals surface area contributed by atoms with Crippen molar-refractivity contribution in [2.45, 2.75) is 104 Å². The van der Waals surface area contributed by atoms with Gasteiger partial charge in [-0.05, 0) is 71.4 Å². The monoisotopic (exact) mass is 428 g/mol. The standard InChI is InChI=1S/C26H36O5/c1-6-7-8-11-20-15-21(29-16(2)3)23(19-12-9-10-17(4)13-19)25-24(20)26(28)31-22(30-25)14-18(5)27/h13,15-16,19,22H,6-12,14H2,1-5H3/t19-,22?/m0/s1. The van der Waals surface area contributed by atoms with Gasteiger partial charge in [-0.15, -0.1) is 0 Å². The van der Waals surface area contributed by atoms with Crippen LogP contribution in [0.5, 0.6) is 11.5 Å². The summed E-state index contributed by atoms with van der Waals surface area (Å²) in [6.07, 6.45) is 8.51. The van der Waals surface area contributed by atoms with Gasteiger partial charge in [-0.3, -0.25) is 4.79 Å². The lowest BCUT2D eigenvalue weighted by Crippen LogP contribution is -2.33. The molecule has 0 saturated heterocycles. The first-order chi connectivity index (χ1) is 14.8. The quantitative estimate of drug-likeness (QED) is 0.263. The minimum atomic E-state index is -0.886. The van der Waals surface area contributed by atoms with Crippen LogP contribution in [-0.2, 0) is 16.0 Å². The molecule has 0 radical (unpaired) electrons. The van der Waals surface area contributed by atoms with Gasteiger partial charge in [0.1, 0.15) is 22.8 Å². The van der Waals surface area contributed by atoms with Crippen LogP contribution < -0.4 is 9.47 Å². The molecule has 0 N–H and O–H groups in total. The van der Waals surface area contributed by atoms with Crippen molar-refractivity contribution in [3.05, 3.63) is 34.4 Å². The normalized spacial score (nSPS) is 20.6. The Bertz CT molecular complexity index is 852. The maximum Gasteiger partial charge on any atom is 0.345 e. The Balaban J connectivity index is 2.16. The average Bonchev–Trinajstić information content (AvgIpc) is 2.66. The van der Waals surface area contributed by atoms with Crippen LogP contribution in [0.1, 0.15) is 107 Å². The topological polar surface area (TPSA) is 61.8 Å². The minimum absolute atomic E-state index is 0.00230. The average molecular weight is 429 g/mol. The first-order valence-electron chi connectivity index (χ1n) is 11.7. The predicted molar refractivity (Wildman–Crippen MR) is 121 cm³/mol. The smallest absolute Gasteiger partial charge is 0.345 e. The zero-order chi connectivity index (χ0) is 22.5. The molecule has 1 aliphatic carbocycles. The molecule has 1 aromatic rings. The van der Waals surface area contributed by atoms with Crippen molar-refractivity contribution in [3.63, 3.8) is 0 Å². The molecule has 0 saturated carbocycles. The SMILES string of the molecule is CCCCCc1cc(OC(C)C)c([C@@H]2C=C(C)CCC2)c2c1C(=O)OC(CC(C)=O)O2. The fraction of sp³-hybridized carbons (Fsp3) is 0.615. The Labute approximate surface area is 186 Å². The summed E-state index contributed by atoms with van der Waals surface area (Å²) in [5.74, 6) is 0.988. The third-order valence-corrected chi connectivity index (χ3v) is 5.86. The van der Waals surface area contributed by atoms with Gasteiger partial charge < -0.3 is 14.2 Å². The number of Topliss-reactive ketones (excluding diaryl/α,β-unsaturated/α-hetero) is 1. The number of hydrogen-bond acceptors (Lipinski definition) is 5. The van der Waals surface area contributed by atoms with Gasteiger partial charge in [0.05, 0.1) is 12.5 Å². The zero-order valence-electron chi connectivity index (χ0n) is 19.6. The lowest BCUT2D eigenvalue weighted by Gasteiger charge is -2.32. The van der Waals surface area contributed by atoms with E-state index in [1.807, 2.05) is 19.9 Å². The largest absolute Gasteiger partial charge is 0.491 e. The number of hydrogen-bond donors (Lipinski definition) is 0. The molecule has 5 heteroatoms. The Morgan fingerprint density at radius 2 is 2.03 bits per heavy atom. The van der Waals surface area contributed by atoms with E-state index in [0.717, 1.165) is 61.8 Å². The van der Waals surface area contributed by atoms with Crippen LogP contribution in [0, 0.1) is 0 Å². The maximum absolute atomic E-state index is 13.1. The van der Waals surface area contributed by atoms with E-state index in [2.05, 4.69) is 19.9 Å². The molecule has 31 heavy (non-hydrogen) atoms. The predicted octanol–water partition coefficient (Wildman–Crippen LogP) is 6.27. The number of benzene rings is 1. The summed E-state index contributed by atoms with van der Waals surface area (Å²) in [4.78, 5) is 24.8. The highest BCUT2D eigenvalue weighted by Gasteiger charge is 2.36. The number of carbonyl (C=O) groups excluding carboxylic acids is 2. The number of ether oxygens (including phenoxy) is 3. The number of esters is 1. The van der Waals surface area contributed by atoms with Crippen LogP contribution in [-0.4, -0.2) is 24.1 Å². The van der Waals surface area contributed by atoms with E-state index in [1.165, 1.54) is 12.5 Å². The van der Waals surface area contributed by atoms with Crippen LogP contribution in [0.2, 0.25) is 0 Å². The fourth-order valence-electron chi connectivity index (χ4n) is 4.50. The van der Waals surface area contributed by atoms with Gasteiger partial charge in [-0.25, -0.2) is 4.79 Å². The van der Waals surface area contributed by atoms with Crippen LogP contribution in [0.4, 0.5) is 0 Å². The molecule has 0 fully saturated rings. The van der Waals surface area contributed by atoms with E-state index >= 15 is 0 Å². The fourth-order valence-corrected chi connectivity index (χ4v) is 4.50. The summed E-state index contributed by atoms with van der Waals surface area (Å²) in [5, 5.41) is 0. The first-order valence-corrected chi connectivity index (χ1v) is 11.7. The molecule has 0 spiro atoms. The summed E-state index contributed by atoms with van der Waals surface area (Å²) in [5.41, 5.74) is 3.68. The minimum Gasteiger partial charge on any atom is -0.491 e. The second-order valence-corrected chi connectivity index (χ2v) is 9.15. The molecular formula is C26H36O5. The number of ketones is 1. The van der Waals surface area contributed by atoms with Crippen LogP contribution >= 0.6 is 0 Å². The van der Waals surface area contributed by atoms with E-state index < -0.39 is 12.3 Å². The molecular weight excluding hydrogens is 392 g/mol. The Morgan fingerprint density at radius 3 is 2.68 bits per heavy atom. The summed E-state index contributed by atoms with van der Waals surface area (Å²) < 4.78 is 18.0. The highest BCUT2D eigenvalue weighted by atomic mass is 16.7. The number of cyclic esters (lactones) is 1. The third kappa shape index (κ3) is 5.69. The molecule has 0 aromatic heterocycles. The van der Waals surface area contributed by atoms with E-state index in [4.69, 9.17) is 14.2 Å². The van der Waals surface area contributed by atoms with E-state index in [1.54, 1.807) is 0 Å². The van der Waals surface area contributed by atoms with Gasteiger partial charge in [-0.1, -0.05) is 31.4 Å². The number of aryl methyl sites for hydroxylation is 1. The summed E-state index contributed by atoms with van der Waals surface area (Å²) in [6.45, 7) is 9.81. The van der Waals surface area contributed by atoms with E-state index in [-0.39, 0.29) is 24.2 Å². The number of rotatable bonds is 9. The van der Waals surface area contributed by atoms with Gasteiger partial charge in [0.15, 0.2) is 0 Å². The molecule has 3 rings (SSSR count). The summed E-state index contributed by atoms with van der Waals surface area (Å²) in [7, 11) is 0. The first kappa shape index (κ1) is 23.4. The molecule has 2 atom stereocenters. The number of allylic oxidation sites excluding steroid dienone is 2. The number of fused-ring (bicyclic) bond motifs is 1. The van der Waals surface area contributed by atoms with E-state index in [9.17, 15) is 9.59 Å². The van der Waals surface area contributed by atoms with Crippen molar-refractivity contribution in [2.24, 2.45) is 0 Å². The van der Waals surface area contributed by atoms with Crippen molar-refractivity contribution in [1.29, 1.82) is 0 Å². The molecule has 1 unspecified atom stereocenters. The van der Waals surface area contributed by atoms with Crippen molar-refractivity contribution < 1.29 is 23.8 Å². The molecule has 2 aliphatic rings. The molecule has 1 aromatic carbocycles. The second kappa shape index (κ2) is 10.3. The van der Waals surface area contributed by atoms with Crippen LogP contribution in [0.3, 0.4) is 0 Å². The molecule has 5 nitrogen and oxygen atoms in total. The molecule has 1 heterocycles. The Morgan fingerprint density at radius 1 is 1.26 bits per heavy atom. The van der Waals surface area contributed by atoms with Gasteiger partial charge in [0, 0.05) is 11.5 Å². The van der Waals surface area contributed by atoms with Gasteiger partial charge in [-0.2, -0.15) is 0 Å². The van der Waals surface area contributed by atoms with Gasteiger partial charge in [0.2, 0.25) is 0 Å². The summed E-state index contributed by atoms with van der Waals surface area (Å²) >= 11 is 0. The molecule has 0 bridgehead atoms. The van der Waals surface area contributed by atoms with Crippen LogP contribution in [0.25, 0.3) is 0 Å². The van der Waals surface area contributed by atoms with Gasteiger partial charge in [0.25, 0.3) is 6.29 Å². The Kier molecular flexibility index (Phi) is 7.79. The highest BCUT2D eigenvalue weighted by Crippen LogP contribution is 2.47. The Hall–Kier alpha value is -2.30. The van der Waals surface area contributed by atoms with Crippen LogP contribution in [0.15, 0.2) is 17.7 Å². The lowest BCUT2D eigenvalue weighted by atomic mass is 9.82. The molecule has 170 valence electrons. The van der Waals surface area contributed by atoms with Crippen molar-refractivity contribution in [1.82, 2.24) is 0 Å². The van der Waals surface area contributed by atoms with Crippen molar-refractivity contribution in [2.75, 3.05) is 0 Å². The van der Waals surface area contributed by atoms with Crippen molar-refractivity contribution >= 4 is 11.8 Å². The van der Waals surface area contributed by atoms with E-state index in [0.29, 0.717) is 11.3 Å². The number of carbonyl (C=O) groups is 2. The summed E-state index contributed by atoms with van der Waals surface area (Å²) in [6, 6.07) is 2.03. The second-order valence-electron chi connectivity index (χ2n) is 9.15. The van der Waals surface area contributed by atoms with Gasteiger partial charge >= 0.3 is 5.97 Å². The maximum atomic E-state index is 13.1. The van der Waals surface area contributed by atoms with Crippen molar-refractivity contribution in [3.8, 4) is 11.5 Å². The zero-order valence-corrected chi connectivity index (χ0v) is 19.6. The third-order valence-electron chi connectivity index (χ3n) is 5.86. The molecule has 1 aliphatic heterocycles. The number of unbranched alkanes of at least 4 members (excludes halogenated alkanes) is 2.